The van der Waals surface area contributed by atoms with Crippen LogP contribution >= 0.6 is 0 Å². The van der Waals surface area contributed by atoms with Crippen molar-refractivity contribution < 1.29 is 10.2 Å². The highest BCUT2D eigenvalue weighted by atomic mass is 16.3. The molecule has 0 saturated carbocycles. The number of phenolic OH excluding ortho intramolecular Hbond substituents is 1. The van der Waals surface area contributed by atoms with Crippen LogP contribution in [0.1, 0.15) is 0 Å². The Morgan fingerprint density at radius 2 is 1.78 bits per heavy atom. The number of aliphatic hydroxyl groups excluding tert-OH is 1. The van der Waals surface area contributed by atoms with Crippen LogP contribution in [0.3, 0.4) is 0 Å². The maximum absolute atomic E-state index is 9.27. The third-order valence-corrected chi connectivity index (χ3v) is 2.67. The van der Waals surface area contributed by atoms with E-state index in [-0.39, 0.29) is 12.4 Å². The van der Waals surface area contributed by atoms with Gasteiger partial charge in [-0.05, 0) is 35.9 Å². The molecule has 0 aliphatic heterocycles. The molecule has 0 saturated heterocycles. The normalized spacial score (nSPS) is 10.3. The minimum Gasteiger partial charge on any atom is -0.508 e. The lowest BCUT2D eigenvalue weighted by Crippen LogP contribution is -2.05. The number of benzene rings is 2. The third kappa shape index (κ3) is 2.73. The van der Waals surface area contributed by atoms with Gasteiger partial charge < -0.3 is 21.3 Å². The van der Waals surface area contributed by atoms with Crippen LogP contribution in [0.4, 0.5) is 11.4 Å². The van der Waals surface area contributed by atoms with Crippen molar-refractivity contribution in [1.29, 1.82) is 0 Å². The van der Waals surface area contributed by atoms with Gasteiger partial charge in [0.2, 0.25) is 0 Å². The number of aromatic hydroxyl groups is 1. The second kappa shape index (κ2) is 5.42. The third-order valence-electron chi connectivity index (χ3n) is 2.67. The molecule has 94 valence electrons. The summed E-state index contributed by atoms with van der Waals surface area (Å²) in [6, 6.07) is 12.5. The maximum Gasteiger partial charge on any atom is 0.115 e. The Labute approximate surface area is 106 Å². The van der Waals surface area contributed by atoms with E-state index in [4.69, 9.17) is 10.8 Å². The second-order valence-corrected chi connectivity index (χ2v) is 4.00. The number of nitrogen functional groups attached to an aromatic ring is 1. The first-order valence-electron chi connectivity index (χ1n) is 5.74. The number of hydrogen-bond donors (Lipinski definition) is 4. The van der Waals surface area contributed by atoms with Crippen molar-refractivity contribution >= 4 is 11.4 Å². The zero-order chi connectivity index (χ0) is 13.0. The number of nitrogens with one attached hydrogen (secondary N) is 1. The van der Waals surface area contributed by atoms with Crippen molar-refractivity contribution in [3.63, 3.8) is 0 Å². The molecule has 0 spiro atoms. The summed E-state index contributed by atoms with van der Waals surface area (Å²) in [5.41, 5.74) is 9.37. The van der Waals surface area contributed by atoms with E-state index >= 15 is 0 Å². The Balaban J connectivity index is 2.33. The molecule has 0 heterocycles. The molecule has 0 radical (unpaired) electrons. The van der Waals surface area contributed by atoms with E-state index in [0.717, 1.165) is 16.8 Å². The molecule has 0 aliphatic carbocycles. The number of hydrogen-bond acceptors (Lipinski definition) is 4. The van der Waals surface area contributed by atoms with Gasteiger partial charge in [0.05, 0.1) is 6.61 Å². The number of aliphatic hydroxyl groups is 1. The van der Waals surface area contributed by atoms with Crippen molar-refractivity contribution in [1.82, 2.24) is 0 Å². The van der Waals surface area contributed by atoms with Crippen LogP contribution in [0.25, 0.3) is 11.1 Å². The molecule has 2 aromatic carbocycles. The molecule has 0 atom stereocenters. The minimum absolute atomic E-state index is 0.0823. The van der Waals surface area contributed by atoms with Crippen molar-refractivity contribution in [3.05, 3.63) is 42.5 Å². The van der Waals surface area contributed by atoms with Gasteiger partial charge in [0.1, 0.15) is 5.75 Å². The van der Waals surface area contributed by atoms with Crippen molar-refractivity contribution in [3.8, 4) is 16.9 Å². The van der Waals surface area contributed by atoms with Crippen LogP contribution in [0, 0.1) is 0 Å². The predicted molar refractivity (Wildman–Crippen MR) is 73.5 cm³/mol. The molecule has 2 aromatic rings. The average molecular weight is 244 g/mol. The number of nitrogens with two attached hydrogens (primary N) is 1. The molecule has 18 heavy (non-hydrogen) atoms. The standard InChI is InChI=1S/C14H16N2O2/c15-14-6-3-11(16-7-8-17)9-13(14)10-1-4-12(18)5-2-10/h1-6,9,16-18H,7-8,15H2. The SMILES string of the molecule is Nc1ccc(NCCO)cc1-c1ccc(O)cc1. The lowest BCUT2D eigenvalue weighted by Gasteiger charge is -2.10. The average Bonchev–Trinajstić information content (AvgIpc) is 2.39. The smallest absolute Gasteiger partial charge is 0.115 e. The maximum atomic E-state index is 9.27. The molecule has 0 unspecified atom stereocenters. The monoisotopic (exact) mass is 244 g/mol. The summed E-state index contributed by atoms with van der Waals surface area (Å²) in [6.45, 7) is 0.581. The van der Waals surface area contributed by atoms with Gasteiger partial charge >= 0.3 is 0 Å². The van der Waals surface area contributed by atoms with Gasteiger partial charge in [0.25, 0.3) is 0 Å². The topological polar surface area (TPSA) is 78.5 Å². The lowest BCUT2D eigenvalue weighted by atomic mass is 10.0. The summed E-state index contributed by atoms with van der Waals surface area (Å²) in [5.74, 6) is 0.229. The Kier molecular flexibility index (Phi) is 3.69. The first-order valence-corrected chi connectivity index (χ1v) is 5.74. The van der Waals surface area contributed by atoms with Gasteiger partial charge in [0, 0.05) is 23.5 Å². The Bertz CT molecular complexity index is 524. The lowest BCUT2D eigenvalue weighted by molar-refractivity contribution is 0.311. The molecule has 5 N–H and O–H groups in total. The van der Waals surface area contributed by atoms with Crippen LogP contribution in [-0.4, -0.2) is 23.4 Å². The quantitative estimate of drug-likeness (QED) is 0.621. The summed E-state index contributed by atoms with van der Waals surface area (Å²) in [6.07, 6.45) is 0. The largest absolute Gasteiger partial charge is 0.508 e. The summed E-state index contributed by atoms with van der Waals surface area (Å²) in [4.78, 5) is 0. The summed E-state index contributed by atoms with van der Waals surface area (Å²) in [7, 11) is 0. The van der Waals surface area contributed by atoms with Gasteiger partial charge in [-0.3, -0.25) is 0 Å². The molecule has 0 aliphatic rings. The van der Waals surface area contributed by atoms with Crippen LogP contribution in [-0.2, 0) is 0 Å². The molecular weight excluding hydrogens is 228 g/mol. The molecule has 0 bridgehead atoms. The van der Waals surface area contributed by atoms with E-state index in [1.54, 1.807) is 12.1 Å². The molecule has 0 aromatic heterocycles. The molecular formula is C14H16N2O2. The van der Waals surface area contributed by atoms with E-state index in [2.05, 4.69) is 5.32 Å². The van der Waals surface area contributed by atoms with E-state index < -0.39 is 0 Å². The van der Waals surface area contributed by atoms with Gasteiger partial charge in [-0.25, -0.2) is 0 Å². The Morgan fingerprint density at radius 1 is 1.06 bits per heavy atom. The minimum atomic E-state index is 0.0823. The van der Waals surface area contributed by atoms with E-state index in [0.29, 0.717) is 12.2 Å². The fourth-order valence-electron chi connectivity index (χ4n) is 1.76. The fraction of sp³-hybridized carbons (Fsp3) is 0.143. The van der Waals surface area contributed by atoms with Gasteiger partial charge in [0.15, 0.2) is 0 Å². The van der Waals surface area contributed by atoms with Crippen molar-refractivity contribution in [2.24, 2.45) is 0 Å². The van der Waals surface area contributed by atoms with E-state index in [1.807, 2.05) is 30.3 Å². The van der Waals surface area contributed by atoms with Gasteiger partial charge in [-0.15, -0.1) is 0 Å². The zero-order valence-electron chi connectivity index (χ0n) is 9.93. The van der Waals surface area contributed by atoms with E-state index in [1.165, 1.54) is 0 Å². The molecule has 0 amide bonds. The zero-order valence-corrected chi connectivity index (χ0v) is 9.93. The molecule has 4 heteroatoms. The van der Waals surface area contributed by atoms with Crippen LogP contribution in [0.15, 0.2) is 42.5 Å². The van der Waals surface area contributed by atoms with Crippen molar-refractivity contribution in [2.45, 2.75) is 0 Å². The summed E-state index contributed by atoms with van der Waals surface area (Å²) < 4.78 is 0. The highest BCUT2D eigenvalue weighted by Gasteiger charge is 2.04. The molecule has 0 fully saturated rings. The highest BCUT2D eigenvalue weighted by molar-refractivity contribution is 5.79. The van der Waals surface area contributed by atoms with Crippen LogP contribution in [0.2, 0.25) is 0 Å². The summed E-state index contributed by atoms with van der Waals surface area (Å²) in [5, 5.41) is 21.1. The predicted octanol–water partition coefficient (Wildman–Crippen LogP) is 2.05. The first-order chi connectivity index (χ1) is 8.70. The van der Waals surface area contributed by atoms with Gasteiger partial charge in [-0.1, -0.05) is 12.1 Å². The number of anilines is 2. The number of phenols is 1. The van der Waals surface area contributed by atoms with Crippen molar-refractivity contribution in [2.75, 3.05) is 24.2 Å². The fourth-order valence-corrected chi connectivity index (χ4v) is 1.76. The highest BCUT2D eigenvalue weighted by Crippen LogP contribution is 2.29. The van der Waals surface area contributed by atoms with Crippen LogP contribution < -0.4 is 11.1 Å². The second-order valence-electron chi connectivity index (χ2n) is 4.00. The molecule has 2 rings (SSSR count). The Hall–Kier alpha value is -2.20. The first kappa shape index (κ1) is 12.3. The van der Waals surface area contributed by atoms with Crippen LogP contribution in [0.5, 0.6) is 5.75 Å². The molecule has 4 nitrogen and oxygen atoms in total. The van der Waals surface area contributed by atoms with E-state index in [9.17, 15) is 5.11 Å². The number of rotatable bonds is 4. The summed E-state index contributed by atoms with van der Waals surface area (Å²) >= 11 is 0. The Morgan fingerprint density at radius 3 is 2.44 bits per heavy atom. The van der Waals surface area contributed by atoms with Gasteiger partial charge in [-0.2, -0.15) is 0 Å².